The van der Waals surface area contributed by atoms with E-state index in [2.05, 4.69) is 19.9 Å². The van der Waals surface area contributed by atoms with Gasteiger partial charge in [0.25, 0.3) is 5.91 Å². The van der Waals surface area contributed by atoms with E-state index in [1.807, 2.05) is 12.1 Å². The van der Waals surface area contributed by atoms with Crippen LogP contribution < -0.4 is 19.3 Å². The van der Waals surface area contributed by atoms with Gasteiger partial charge in [0.05, 0.1) is 31.4 Å². The first-order chi connectivity index (χ1) is 22.6. The van der Waals surface area contributed by atoms with Gasteiger partial charge >= 0.3 is 12.1 Å². The molecule has 2 aromatic heterocycles. The van der Waals surface area contributed by atoms with E-state index in [1.165, 1.54) is 12.0 Å². The van der Waals surface area contributed by atoms with Gasteiger partial charge in [0, 0.05) is 44.2 Å². The molecular weight excluding hydrogens is 615 g/mol. The number of aromatic nitrogens is 3. The number of methoxy groups -OCH3 is 1. The molecule has 2 saturated carbocycles. The van der Waals surface area contributed by atoms with Crippen LogP contribution in [0.5, 0.6) is 11.6 Å². The van der Waals surface area contributed by atoms with Crippen LogP contribution in [0.2, 0.25) is 0 Å². The van der Waals surface area contributed by atoms with Crippen LogP contribution in [0.3, 0.4) is 0 Å². The molecule has 3 fully saturated rings. The van der Waals surface area contributed by atoms with Crippen molar-refractivity contribution in [2.24, 2.45) is 17.8 Å². The monoisotopic (exact) mass is 653 g/mol. The number of rotatable bonds is 13. The quantitative estimate of drug-likeness (QED) is 0.229. The summed E-state index contributed by atoms with van der Waals surface area (Å²) in [5.41, 5.74) is 0.826. The molecule has 6 rings (SSSR count). The highest BCUT2D eigenvalue weighted by Gasteiger charge is 2.37. The SMILES string of the molecule is COc1ccc(C(=O)N(CC2CC2)c2nccc(C(F)(F)F)n2)c(N2CCC(COc3cc(C(CC(=O)O)C4CC4)ccn3)CC2)c1. The van der Waals surface area contributed by atoms with Gasteiger partial charge < -0.3 is 19.5 Å². The second kappa shape index (κ2) is 13.7. The number of pyridine rings is 1. The molecule has 250 valence electrons. The number of alkyl halides is 3. The molecule has 0 bridgehead atoms. The Morgan fingerprint density at radius 2 is 1.74 bits per heavy atom. The molecule has 3 aliphatic rings. The molecule has 1 aromatic carbocycles. The summed E-state index contributed by atoms with van der Waals surface area (Å²) in [6.07, 6.45) is 3.52. The molecule has 2 aliphatic carbocycles. The Kier molecular flexibility index (Phi) is 9.51. The van der Waals surface area contributed by atoms with Crippen molar-refractivity contribution < 1.29 is 37.3 Å². The maximum atomic E-state index is 14.1. The number of ether oxygens (including phenoxy) is 2. The van der Waals surface area contributed by atoms with E-state index < -0.39 is 23.7 Å². The van der Waals surface area contributed by atoms with Gasteiger partial charge in [0.15, 0.2) is 0 Å². The van der Waals surface area contributed by atoms with Crippen molar-refractivity contribution in [2.45, 2.75) is 57.0 Å². The fourth-order valence-electron chi connectivity index (χ4n) is 6.20. The summed E-state index contributed by atoms with van der Waals surface area (Å²) in [6, 6.07) is 9.64. The van der Waals surface area contributed by atoms with Crippen molar-refractivity contribution in [3.8, 4) is 11.6 Å². The third-order valence-corrected chi connectivity index (χ3v) is 9.19. The van der Waals surface area contributed by atoms with Crippen LogP contribution in [0, 0.1) is 17.8 Å². The third kappa shape index (κ3) is 8.12. The highest BCUT2D eigenvalue weighted by Crippen LogP contribution is 2.45. The van der Waals surface area contributed by atoms with E-state index in [9.17, 15) is 27.9 Å². The van der Waals surface area contributed by atoms with Crippen molar-refractivity contribution >= 4 is 23.5 Å². The number of aliphatic carboxylic acids is 1. The summed E-state index contributed by atoms with van der Waals surface area (Å²) in [6.45, 7) is 1.93. The molecule has 13 heteroatoms. The fourth-order valence-corrected chi connectivity index (χ4v) is 6.20. The van der Waals surface area contributed by atoms with Gasteiger partial charge in [-0.15, -0.1) is 0 Å². The molecular formula is C34H38F3N5O5. The summed E-state index contributed by atoms with van der Waals surface area (Å²) in [7, 11) is 1.54. The maximum Gasteiger partial charge on any atom is 0.433 e. The summed E-state index contributed by atoms with van der Waals surface area (Å²) in [4.78, 5) is 41.0. The Balaban J connectivity index is 1.14. The average Bonchev–Trinajstić information content (AvgIpc) is 4.00. The third-order valence-electron chi connectivity index (χ3n) is 9.19. The molecule has 0 radical (unpaired) electrons. The van der Waals surface area contributed by atoms with Crippen LogP contribution in [-0.2, 0) is 11.0 Å². The zero-order valence-corrected chi connectivity index (χ0v) is 26.2. The highest BCUT2D eigenvalue weighted by atomic mass is 19.4. The number of halogens is 3. The van der Waals surface area contributed by atoms with Crippen LogP contribution in [0.15, 0.2) is 48.8 Å². The average molecular weight is 654 g/mol. The van der Waals surface area contributed by atoms with Gasteiger partial charge in [-0.1, -0.05) is 0 Å². The maximum absolute atomic E-state index is 14.1. The van der Waals surface area contributed by atoms with E-state index in [0.29, 0.717) is 48.5 Å². The number of amides is 1. The normalized spacial score (nSPS) is 17.7. The fraction of sp³-hybridized carbons (Fsp3) is 0.500. The number of piperidine rings is 1. The summed E-state index contributed by atoms with van der Waals surface area (Å²) in [5, 5.41) is 9.38. The first-order valence-corrected chi connectivity index (χ1v) is 16.0. The number of nitrogens with zero attached hydrogens (tertiary/aromatic N) is 5. The van der Waals surface area contributed by atoms with Crippen molar-refractivity contribution in [2.75, 3.05) is 43.2 Å². The van der Waals surface area contributed by atoms with Gasteiger partial charge in [0.1, 0.15) is 11.4 Å². The second-order valence-electron chi connectivity index (χ2n) is 12.7. The largest absolute Gasteiger partial charge is 0.497 e. The Labute approximate surface area is 270 Å². The standard InChI is InChI=1S/C34H38F3N5O5/c1-46-25-6-7-26(32(45)42(19-21-2-3-21)33-39-13-9-29(40-33)34(35,36)37)28(17-25)41-14-10-22(11-15-41)20-47-30-16-24(8-12-38-30)27(18-31(43)44)23-4-5-23/h6-9,12-13,16-17,21-23,27H,2-5,10-11,14-15,18-20H2,1H3,(H,43,44). The number of hydrogen-bond acceptors (Lipinski definition) is 8. The molecule has 1 unspecified atom stereocenters. The minimum Gasteiger partial charge on any atom is -0.497 e. The summed E-state index contributed by atoms with van der Waals surface area (Å²) >= 11 is 0. The molecule has 10 nitrogen and oxygen atoms in total. The molecule has 47 heavy (non-hydrogen) atoms. The Morgan fingerprint density at radius 3 is 2.40 bits per heavy atom. The first-order valence-electron chi connectivity index (χ1n) is 16.0. The minimum atomic E-state index is -4.66. The van der Waals surface area contributed by atoms with Gasteiger partial charge in [-0.25, -0.2) is 15.0 Å². The molecule has 1 atom stereocenters. The molecule has 0 spiro atoms. The molecule has 1 N–H and O–H groups in total. The lowest BCUT2D eigenvalue weighted by atomic mass is 9.92. The van der Waals surface area contributed by atoms with E-state index in [4.69, 9.17) is 9.47 Å². The molecule has 3 heterocycles. The second-order valence-corrected chi connectivity index (χ2v) is 12.7. The van der Waals surface area contributed by atoms with Crippen molar-refractivity contribution in [1.29, 1.82) is 0 Å². The smallest absolute Gasteiger partial charge is 0.433 e. The van der Waals surface area contributed by atoms with Crippen LogP contribution in [0.25, 0.3) is 0 Å². The number of hydrogen-bond donors (Lipinski definition) is 1. The van der Waals surface area contributed by atoms with E-state index in [0.717, 1.165) is 56.4 Å². The van der Waals surface area contributed by atoms with Gasteiger partial charge in [-0.3, -0.25) is 14.5 Å². The van der Waals surface area contributed by atoms with Crippen molar-refractivity contribution in [3.05, 3.63) is 65.6 Å². The van der Waals surface area contributed by atoms with Crippen LogP contribution in [0.4, 0.5) is 24.8 Å². The molecule has 1 saturated heterocycles. The number of carbonyl (C=O) groups excluding carboxylic acids is 1. The lowest BCUT2D eigenvalue weighted by molar-refractivity contribution is -0.141. The number of carboxylic acid groups (broad SMARTS) is 1. The zero-order chi connectivity index (χ0) is 33.1. The molecule has 3 aromatic rings. The lowest BCUT2D eigenvalue weighted by Crippen LogP contribution is -2.39. The van der Waals surface area contributed by atoms with Crippen molar-refractivity contribution in [1.82, 2.24) is 15.0 Å². The van der Waals surface area contributed by atoms with Gasteiger partial charge in [-0.2, -0.15) is 13.2 Å². The predicted molar refractivity (Wildman–Crippen MR) is 167 cm³/mol. The zero-order valence-electron chi connectivity index (χ0n) is 26.2. The van der Waals surface area contributed by atoms with Crippen LogP contribution >= 0.6 is 0 Å². The Bertz CT molecular complexity index is 1590. The number of carboxylic acids is 1. The Morgan fingerprint density at radius 1 is 1.00 bits per heavy atom. The van der Waals surface area contributed by atoms with E-state index >= 15 is 0 Å². The van der Waals surface area contributed by atoms with Crippen LogP contribution in [-0.4, -0.2) is 65.3 Å². The van der Waals surface area contributed by atoms with E-state index in [1.54, 1.807) is 24.4 Å². The topological polar surface area (TPSA) is 118 Å². The predicted octanol–water partition coefficient (Wildman–Crippen LogP) is 6.22. The number of carbonyl (C=O) groups is 2. The number of benzene rings is 1. The minimum absolute atomic E-state index is 0.0406. The summed E-state index contributed by atoms with van der Waals surface area (Å²) in [5.74, 6) is 0.257. The van der Waals surface area contributed by atoms with Gasteiger partial charge in [0.2, 0.25) is 11.8 Å². The molecule has 1 aliphatic heterocycles. The van der Waals surface area contributed by atoms with E-state index in [-0.39, 0.29) is 36.7 Å². The summed E-state index contributed by atoms with van der Waals surface area (Å²) < 4.78 is 52.0. The van der Waals surface area contributed by atoms with Crippen molar-refractivity contribution in [3.63, 3.8) is 0 Å². The molecule has 1 amide bonds. The van der Waals surface area contributed by atoms with Gasteiger partial charge in [-0.05, 0) is 92.0 Å². The highest BCUT2D eigenvalue weighted by molar-refractivity contribution is 6.09. The Hall–Kier alpha value is -4.42. The van der Waals surface area contributed by atoms with Crippen LogP contribution in [0.1, 0.15) is 72.5 Å². The lowest BCUT2D eigenvalue weighted by Gasteiger charge is -2.35. The number of anilines is 2. The first kappa shape index (κ1) is 32.5.